The maximum atomic E-state index is 6.64. The second kappa shape index (κ2) is 29.1. The fraction of sp³-hybridized carbons (Fsp3) is 0.321. The van der Waals surface area contributed by atoms with Crippen LogP contribution in [0.3, 0.4) is 0 Å². The Bertz CT molecular complexity index is 5060. The Morgan fingerprint density at radius 1 is 0.229 bits per heavy atom. The largest absolute Gasteiger partial charge is 0.399 e. The Morgan fingerprint density at radius 3 is 0.807 bits per heavy atom. The number of hydrogen-bond acceptors (Lipinski definition) is 2. The summed E-state index contributed by atoms with van der Waals surface area (Å²) in [6.07, 6.45) is 0. The van der Waals surface area contributed by atoms with Crippen LogP contribution in [0.2, 0.25) is 5.02 Å². The van der Waals surface area contributed by atoms with Gasteiger partial charge in [-0.25, -0.2) is 0 Å². The Kier molecular flexibility index (Phi) is 21.1. The number of anilines is 3. The third-order valence-electron chi connectivity index (χ3n) is 22.9. The first-order chi connectivity index (χ1) is 50.9. The fourth-order valence-electron chi connectivity index (χ4n) is 16.0. The monoisotopic (exact) mass is 1450 g/mol. The smallest absolute Gasteiger partial charge is 0.0714 e. The van der Waals surface area contributed by atoms with Gasteiger partial charge < -0.3 is 11.1 Å². The van der Waals surface area contributed by atoms with Crippen molar-refractivity contribution in [1.29, 1.82) is 0 Å². The van der Waals surface area contributed by atoms with E-state index in [9.17, 15) is 0 Å². The first kappa shape index (κ1) is 79.1. The standard InChI is InChI=1S/C53H59N.C33H33Cl.C20H27N/c1-49(2,3)37-19-23-39(24-20-37)53(40-25-21-38(22-26-40)50(4,5)6)47-16-14-13-15-45(47)46-30-29-44(34-48(46)53)54-43-27-17-35(18-28-43)36-31-41(51(7,8)9)33-42(32-36)52(10,11)12;1-31(2,3)22-11-15-24(16-12-22)33(25-17-13-23(14-18-25)32(4,5)6)29-10-8-7-9-27(29)28-20-19-26(34)21-30(28)33;1-19(2,3)16-11-15(12-17(13-16)20(4,5)6)14-7-9-18(21)10-8-14/h13-34,54H,1-12H3;7-21H,1-6H3;7-13H,21H2,1-6H3. The molecule has 0 heterocycles. The van der Waals surface area contributed by atoms with Gasteiger partial charge in [0.25, 0.3) is 0 Å². The first-order valence-electron chi connectivity index (χ1n) is 39.5. The van der Waals surface area contributed by atoms with Crippen molar-refractivity contribution in [3.05, 3.63) is 361 Å². The van der Waals surface area contributed by atoms with Crippen LogP contribution in [0.5, 0.6) is 0 Å². The van der Waals surface area contributed by atoms with E-state index in [1.165, 1.54) is 134 Å². The summed E-state index contributed by atoms with van der Waals surface area (Å²) in [7, 11) is 0. The summed E-state index contributed by atoms with van der Waals surface area (Å²) in [6.45, 7) is 54.8. The third-order valence-corrected chi connectivity index (χ3v) is 23.1. The summed E-state index contributed by atoms with van der Waals surface area (Å²) in [5.74, 6) is 0. The molecule has 0 radical (unpaired) electrons. The van der Waals surface area contributed by atoms with E-state index >= 15 is 0 Å². The van der Waals surface area contributed by atoms with E-state index < -0.39 is 10.8 Å². The highest BCUT2D eigenvalue weighted by Gasteiger charge is 2.48. The van der Waals surface area contributed by atoms with Crippen LogP contribution in [0.15, 0.2) is 267 Å². The predicted octanol–water partition coefficient (Wildman–Crippen LogP) is 29.5. The molecule has 0 fully saturated rings. The van der Waals surface area contributed by atoms with Gasteiger partial charge in [-0.2, -0.15) is 0 Å². The van der Waals surface area contributed by atoms with Gasteiger partial charge in [0, 0.05) is 22.1 Å². The molecule has 2 aliphatic rings. The molecule has 560 valence electrons. The van der Waals surface area contributed by atoms with Gasteiger partial charge in [-0.15, -0.1) is 0 Å². The van der Waals surface area contributed by atoms with E-state index in [0.717, 1.165) is 22.1 Å². The lowest BCUT2D eigenvalue weighted by Gasteiger charge is -2.35. The maximum absolute atomic E-state index is 6.64. The van der Waals surface area contributed by atoms with Crippen LogP contribution in [-0.2, 0) is 54.1 Å². The van der Waals surface area contributed by atoms with Crippen molar-refractivity contribution in [3.8, 4) is 44.5 Å². The number of hydrogen-bond donors (Lipinski definition) is 2. The average molecular weight is 1460 g/mol. The minimum atomic E-state index is -0.469. The highest BCUT2D eigenvalue weighted by Crippen LogP contribution is 2.59. The van der Waals surface area contributed by atoms with Gasteiger partial charge >= 0.3 is 0 Å². The van der Waals surface area contributed by atoms with Crippen LogP contribution in [0, 0.1) is 0 Å². The number of nitrogen functional groups attached to an aromatic ring is 1. The summed E-state index contributed by atoms with van der Waals surface area (Å²) >= 11 is 6.64. The van der Waals surface area contributed by atoms with Crippen molar-refractivity contribution in [2.24, 2.45) is 0 Å². The molecule has 0 amide bonds. The molecule has 0 spiro atoms. The van der Waals surface area contributed by atoms with Crippen LogP contribution in [0.1, 0.15) is 255 Å². The van der Waals surface area contributed by atoms with E-state index in [0.29, 0.717) is 0 Å². The highest BCUT2D eigenvalue weighted by atomic mass is 35.5. The zero-order valence-corrected chi connectivity index (χ0v) is 70.6. The highest BCUT2D eigenvalue weighted by molar-refractivity contribution is 6.30. The Labute approximate surface area is 661 Å². The van der Waals surface area contributed by atoms with E-state index in [-0.39, 0.29) is 43.3 Å². The van der Waals surface area contributed by atoms with E-state index in [1.54, 1.807) is 0 Å². The van der Waals surface area contributed by atoms with Crippen LogP contribution in [-0.4, -0.2) is 0 Å². The quantitative estimate of drug-likeness (QED) is 0.149. The molecule has 2 aliphatic carbocycles. The minimum Gasteiger partial charge on any atom is -0.399 e. The molecule has 14 rings (SSSR count). The van der Waals surface area contributed by atoms with Crippen LogP contribution < -0.4 is 11.1 Å². The lowest BCUT2D eigenvalue weighted by atomic mass is 9.67. The summed E-state index contributed by atoms with van der Waals surface area (Å²) in [6, 6.07) is 99.8. The molecule has 0 atom stereocenters. The lowest BCUT2D eigenvalue weighted by Crippen LogP contribution is -2.29. The Balaban J connectivity index is 0.000000171. The van der Waals surface area contributed by atoms with Crippen molar-refractivity contribution in [2.75, 3.05) is 11.1 Å². The van der Waals surface area contributed by atoms with Crippen molar-refractivity contribution < 1.29 is 0 Å². The van der Waals surface area contributed by atoms with Crippen LogP contribution in [0.4, 0.5) is 17.1 Å². The molecular formula is C106H119ClN2. The van der Waals surface area contributed by atoms with Crippen molar-refractivity contribution in [1.82, 2.24) is 0 Å². The molecule has 0 bridgehead atoms. The molecule has 12 aromatic carbocycles. The summed E-state index contributed by atoms with van der Waals surface area (Å²) in [5.41, 5.74) is 40.0. The van der Waals surface area contributed by atoms with Gasteiger partial charge in [-0.1, -0.05) is 396 Å². The summed E-state index contributed by atoms with van der Waals surface area (Å²) in [4.78, 5) is 0. The third kappa shape index (κ3) is 16.1. The van der Waals surface area contributed by atoms with E-state index in [4.69, 9.17) is 17.3 Å². The van der Waals surface area contributed by atoms with Gasteiger partial charge in [0.15, 0.2) is 0 Å². The molecule has 0 saturated heterocycles. The van der Waals surface area contributed by atoms with Gasteiger partial charge in [0.05, 0.1) is 10.8 Å². The molecule has 0 saturated carbocycles. The summed E-state index contributed by atoms with van der Waals surface area (Å²) in [5, 5.41) is 4.58. The van der Waals surface area contributed by atoms with Gasteiger partial charge in [-0.3, -0.25) is 0 Å². The van der Waals surface area contributed by atoms with E-state index in [1.807, 2.05) is 18.2 Å². The average Bonchev–Trinajstić information content (AvgIpc) is 1.55. The number of fused-ring (bicyclic) bond motifs is 6. The Hall–Kier alpha value is -9.47. The number of benzene rings is 12. The molecule has 2 nitrogen and oxygen atoms in total. The summed E-state index contributed by atoms with van der Waals surface area (Å²) < 4.78 is 0. The molecule has 0 aromatic heterocycles. The molecule has 0 aliphatic heterocycles. The molecular weight excluding hydrogens is 1340 g/mol. The Morgan fingerprint density at radius 2 is 0.495 bits per heavy atom. The van der Waals surface area contributed by atoms with Crippen molar-refractivity contribution in [3.63, 3.8) is 0 Å². The predicted molar refractivity (Wildman–Crippen MR) is 474 cm³/mol. The van der Waals surface area contributed by atoms with E-state index in [2.05, 4.69) is 420 Å². The zero-order chi connectivity index (χ0) is 79.0. The molecule has 109 heavy (non-hydrogen) atoms. The van der Waals surface area contributed by atoms with Gasteiger partial charge in [0.1, 0.15) is 0 Å². The fourth-order valence-corrected chi connectivity index (χ4v) is 16.1. The first-order valence-corrected chi connectivity index (χ1v) is 39.9. The topological polar surface area (TPSA) is 38.0 Å². The molecule has 12 aromatic rings. The molecule has 3 N–H and O–H groups in total. The van der Waals surface area contributed by atoms with Crippen LogP contribution >= 0.6 is 11.6 Å². The second-order valence-electron chi connectivity index (χ2n) is 39.3. The zero-order valence-electron chi connectivity index (χ0n) is 69.9. The van der Waals surface area contributed by atoms with Gasteiger partial charge in [0.2, 0.25) is 0 Å². The molecule has 0 unspecified atom stereocenters. The normalized spacial score (nSPS) is 13.9. The lowest BCUT2D eigenvalue weighted by molar-refractivity contribution is 0.568. The number of rotatable bonds is 8. The number of nitrogens with one attached hydrogen (secondary N) is 1. The number of nitrogens with two attached hydrogens (primary N) is 1. The second-order valence-corrected chi connectivity index (χ2v) is 39.7. The van der Waals surface area contributed by atoms with Crippen LogP contribution in [0.25, 0.3) is 44.5 Å². The maximum Gasteiger partial charge on any atom is 0.0714 e. The van der Waals surface area contributed by atoms with Crippen molar-refractivity contribution in [2.45, 2.75) is 220 Å². The van der Waals surface area contributed by atoms with Gasteiger partial charge in [-0.05, 0) is 225 Å². The number of halogens is 1. The molecule has 3 heteroatoms. The minimum absolute atomic E-state index is 0.0719. The van der Waals surface area contributed by atoms with Crippen molar-refractivity contribution >= 4 is 28.7 Å². The SMILES string of the molecule is CC(C)(C)c1cc(-c2ccc(N)cc2)cc(C(C)(C)C)c1.CC(C)(C)c1ccc(C2(c3ccc(C(C)(C)C)cc3)c3ccccc3-c3ccc(Cl)cc32)cc1.CC(C)(C)c1ccc(C2(c3ccc(C(C)(C)C)cc3)c3ccccc3-c3ccc(Nc4ccc(-c5cc(C(C)(C)C)cc(C(C)(C)C)c5)cc4)cc32)cc1.